The predicted octanol–water partition coefficient (Wildman–Crippen LogP) is 1.21. The van der Waals surface area contributed by atoms with E-state index in [4.69, 9.17) is 9.47 Å². The van der Waals surface area contributed by atoms with Crippen LogP contribution in [-0.4, -0.2) is 23.6 Å². The highest BCUT2D eigenvalue weighted by Crippen LogP contribution is 2.42. The second-order valence-electron chi connectivity index (χ2n) is 2.57. The second kappa shape index (κ2) is 1.87. The Bertz CT molecular complexity index is 116. The monoisotopic (exact) mass is 146 g/mol. The molecule has 0 aromatic carbocycles. The first kappa shape index (κ1) is 6.01. The van der Waals surface area contributed by atoms with E-state index in [2.05, 4.69) is 0 Å². The largest absolute Gasteiger partial charge is 0.349 e. The van der Waals surface area contributed by atoms with E-state index in [0.717, 1.165) is 19.0 Å². The molecule has 0 saturated carbocycles. The maximum absolute atomic E-state index is 5.42. The second-order valence-corrected chi connectivity index (χ2v) is 3.71. The van der Waals surface area contributed by atoms with Crippen LogP contribution >= 0.6 is 11.8 Å². The standard InChI is InChI=1S/C6H10O2S/c1-6-5(2-3-7-6)9-4-8-6/h5H,2-4H2,1H3. The molecule has 0 radical (unpaired) electrons. The number of ether oxygens (including phenoxy) is 2. The molecule has 0 bridgehead atoms. The molecular weight excluding hydrogens is 136 g/mol. The third kappa shape index (κ3) is 0.791. The summed E-state index contributed by atoms with van der Waals surface area (Å²) >= 11 is 1.86. The molecule has 0 N–H and O–H groups in total. The minimum absolute atomic E-state index is 0.231. The molecule has 0 aliphatic carbocycles. The smallest absolute Gasteiger partial charge is 0.178 e. The van der Waals surface area contributed by atoms with Crippen molar-refractivity contribution in [1.29, 1.82) is 0 Å². The quantitative estimate of drug-likeness (QED) is 0.512. The van der Waals surface area contributed by atoms with Crippen LogP contribution in [0, 0.1) is 0 Å². The van der Waals surface area contributed by atoms with Crippen molar-refractivity contribution < 1.29 is 9.47 Å². The molecular formula is C6H10O2S. The summed E-state index contributed by atoms with van der Waals surface area (Å²) in [5.74, 6) is 0.575. The molecule has 2 aliphatic rings. The fourth-order valence-corrected chi connectivity index (χ4v) is 2.49. The number of fused-ring (bicyclic) bond motifs is 1. The van der Waals surface area contributed by atoms with E-state index in [1.165, 1.54) is 0 Å². The summed E-state index contributed by atoms with van der Waals surface area (Å²) in [7, 11) is 0. The van der Waals surface area contributed by atoms with Gasteiger partial charge in [-0.2, -0.15) is 0 Å². The topological polar surface area (TPSA) is 18.5 Å². The SMILES string of the molecule is CC12OCCC1SCO2. The van der Waals surface area contributed by atoms with Crippen LogP contribution in [0.5, 0.6) is 0 Å². The number of thioether (sulfide) groups is 1. The van der Waals surface area contributed by atoms with Gasteiger partial charge in [0.25, 0.3) is 0 Å². The van der Waals surface area contributed by atoms with Crippen molar-refractivity contribution in [1.82, 2.24) is 0 Å². The van der Waals surface area contributed by atoms with Crippen LogP contribution in [0.3, 0.4) is 0 Å². The lowest BCUT2D eigenvalue weighted by molar-refractivity contribution is -0.171. The summed E-state index contributed by atoms with van der Waals surface area (Å²) in [6, 6.07) is 0. The summed E-state index contributed by atoms with van der Waals surface area (Å²) in [4.78, 5) is 0. The zero-order valence-corrected chi connectivity index (χ0v) is 6.24. The van der Waals surface area contributed by atoms with Gasteiger partial charge in [-0.25, -0.2) is 0 Å². The molecule has 0 aromatic heterocycles. The molecule has 9 heavy (non-hydrogen) atoms. The lowest BCUT2D eigenvalue weighted by atomic mass is 10.2. The highest BCUT2D eigenvalue weighted by atomic mass is 32.2. The Balaban J connectivity index is 2.17. The minimum Gasteiger partial charge on any atom is -0.349 e. The van der Waals surface area contributed by atoms with E-state index in [1.54, 1.807) is 0 Å². The Morgan fingerprint density at radius 2 is 2.44 bits per heavy atom. The van der Waals surface area contributed by atoms with Gasteiger partial charge in [0.15, 0.2) is 5.79 Å². The Labute approximate surface area is 58.9 Å². The van der Waals surface area contributed by atoms with Gasteiger partial charge in [-0.3, -0.25) is 0 Å². The zero-order valence-electron chi connectivity index (χ0n) is 5.42. The Kier molecular flexibility index (Phi) is 1.25. The van der Waals surface area contributed by atoms with E-state index in [1.807, 2.05) is 18.7 Å². The lowest BCUT2D eigenvalue weighted by Crippen LogP contribution is -2.30. The molecule has 2 fully saturated rings. The van der Waals surface area contributed by atoms with Gasteiger partial charge in [0.2, 0.25) is 0 Å². The average Bonchev–Trinajstić information content (AvgIpc) is 2.22. The van der Waals surface area contributed by atoms with E-state index in [9.17, 15) is 0 Å². The van der Waals surface area contributed by atoms with Gasteiger partial charge in [0, 0.05) is 0 Å². The molecule has 2 aliphatic heterocycles. The first-order chi connectivity index (χ1) is 4.31. The molecule has 0 amide bonds. The van der Waals surface area contributed by atoms with Crippen molar-refractivity contribution in [3.05, 3.63) is 0 Å². The van der Waals surface area contributed by atoms with Crippen LogP contribution in [0.1, 0.15) is 13.3 Å². The van der Waals surface area contributed by atoms with Crippen molar-refractivity contribution in [2.45, 2.75) is 24.4 Å². The van der Waals surface area contributed by atoms with Gasteiger partial charge in [0.1, 0.15) is 0 Å². The maximum Gasteiger partial charge on any atom is 0.178 e. The molecule has 2 rings (SSSR count). The summed E-state index contributed by atoms with van der Waals surface area (Å²) in [6.07, 6.45) is 1.15. The molecule has 2 atom stereocenters. The normalized spacial score (nSPS) is 49.7. The highest BCUT2D eigenvalue weighted by molar-refractivity contribution is 8.00. The van der Waals surface area contributed by atoms with Crippen LogP contribution in [-0.2, 0) is 9.47 Å². The molecule has 2 heterocycles. The molecule has 3 heteroatoms. The Morgan fingerprint density at radius 1 is 1.56 bits per heavy atom. The minimum atomic E-state index is -0.231. The van der Waals surface area contributed by atoms with Gasteiger partial charge in [-0.1, -0.05) is 0 Å². The van der Waals surface area contributed by atoms with Crippen LogP contribution in [0.15, 0.2) is 0 Å². The average molecular weight is 146 g/mol. The van der Waals surface area contributed by atoms with Crippen LogP contribution in [0.2, 0.25) is 0 Å². The fraction of sp³-hybridized carbons (Fsp3) is 1.00. The van der Waals surface area contributed by atoms with Gasteiger partial charge < -0.3 is 9.47 Å². The first-order valence-electron chi connectivity index (χ1n) is 3.21. The third-order valence-corrected chi connectivity index (χ3v) is 3.29. The van der Waals surface area contributed by atoms with Crippen molar-refractivity contribution >= 4 is 11.8 Å². The lowest BCUT2D eigenvalue weighted by Gasteiger charge is -2.19. The van der Waals surface area contributed by atoms with Crippen molar-refractivity contribution in [3.8, 4) is 0 Å². The Hall–Kier alpha value is 0.270. The first-order valence-corrected chi connectivity index (χ1v) is 4.26. The molecule has 52 valence electrons. The fourth-order valence-electron chi connectivity index (χ4n) is 1.33. The molecule has 0 spiro atoms. The summed E-state index contributed by atoms with van der Waals surface area (Å²) < 4.78 is 10.8. The molecule has 2 saturated heterocycles. The van der Waals surface area contributed by atoms with E-state index < -0.39 is 0 Å². The third-order valence-electron chi connectivity index (χ3n) is 1.97. The highest BCUT2D eigenvalue weighted by Gasteiger charge is 2.45. The maximum atomic E-state index is 5.42. The summed E-state index contributed by atoms with van der Waals surface area (Å²) in [5, 5.41) is 0.595. The van der Waals surface area contributed by atoms with Crippen molar-refractivity contribution in [3.63, 3.8) is 0 Å². The van der Waals surface area contributed by atoms with E-state index in [0.29, 0.717) is 5.25 Å². The number of hydrogen-bond acceptors (Lipinski definition) is 3. The zero-order chi connectivity index (χ0) is 6.32. The van der Waals surface area contributed by atoms with Crippen LogP contribution in [0.25, 0.3) is 0 Å². The van der Waals surface area contributed by atoms with Gasteiger partial charge in [-0.15, -0.1) is 11.8 Å². The van der Waals surface area contributed by atoms with Gasteiger partial charge in [-0.05, 0) is 13.3 Å². The van der Waals surface area contributed by atoms with Crippen LogP contribution in [0.4, 0.5) is 0 Å². The van der Waals surface area contributed by atoms with Gasteiger partial charge >= 0.3 is 0 Å². The number of hydrogen-bond donors (Lipinski definition) is 0. The molecule has 0 aromatic rings. The van der Waals surface area contributed by atoms with E-state index >= 15 is 0 Å². The summed E-state index contributed by atoms with van der Waals surface area (Å²) in [5.41, 5.74) is 0. The number of rotatable bonds is 0. The van der Waals surface area contributed by atoms with Crippen molar-refractivity contribution in [2.75, 3.05) is 12.5 Å². The predicted molar refractivity (Wildman–Crippen MR) is 36.3 cm³/mol. The van der Waals surface area contributed by atoms with Crippen molar-refractivity contribution in [2.24, 2.45) is 0 Å². The van der Waals surface area contributed by atoms with E-state index in [-0.39, 0.29) is 5.79 Å². The Morgan fingerprint density at radius 3 is 3.22 bits per heavy atom. The van der Waals surface area contributed by atoms with Gasteiger partial charge in [0.05, 0.1) is 17.8 Å². The van der Waals surface area contributed by atoms with Crippen LogP contribution < -0.4 is 0 Å². The molecule has 2 unspecified atom stereocenters. The summed E-state index contributed by atoms with van der Waals surface area (Å²) in [6.45, 7) is 2.90. The molecule has 2 nitrogen and oxygen atoms in total.